The second-order valence-corrected chi connectivity index (χ2v) is 13.2. The van der Waals surface area contributed by atoms with E-state index in [1.807, 2.05) is 60.7 Å². The first-order valence-electron chi connectivity index (χ1n) is 18.2. The standard InChI is InChI=1S/C51H35N3/c1-5-18-36(19-6-1)42-33-43(35-44(34-42)51-53-49(38-22-9-3-10-23-38)52-50(54-51)39-24-11-4-12-25-39)40-26-17-27-41(32-40)46-29-14-16-31-48(46)47-30-15-13-28-45(47)37-20-7-2-8-21-37/h1-35H. The van der Waals surface area contributed by atoms with Gasteiger partial charge < -0.3 is 0 Å². The SMILES string of the molecule is c1ccc(-c2cc(-c3cccc(-c4ccccc4-c4ccccc4-c4ccccc4)c3)cc(-c3nc(-c4ccccc4)nc(-c4ccccc4)n3)c2)cc1. The molecule has 0 aliphatic heterocycles. The van der Waals surface area contributed by atoms with E-state index in [0.717, 1.165) is 44.5 Å². The van der Waals surface area contributed by atoms with Gasteiger partial charge in [-0.15, -0.1) is 0 Å². The molecular formula is C51H35N3. The molecule has 1 heterocycles. The van der Waals surface area contributed by atoms with E-state index in [9.17, 15) is 0 Å². The van der Waals surface area contributed by atoms with Crippen LogP contribution >= 0.6 is 0 Å². The first-order chi connectivity index (χ1) is 26.8. The van der Waals surface area contributed by atoms with Gasteiger partial charge in [0, 0.05) is 16.7 Å². The summed E-state index contributed by atoms with van der Waals surface area (Å²) in [5.41, 5.74) is 14.4. The quantitative estimate of drug-likeness (QED) is 0.159. The Labute approximate surface area is 316 Å². The summed E-state index contributed by atoms with van der Waals surface area (Å²) in [6, 6.07) is 74.3. The summed E-state index contributed by atoms with van der Waals surface area (Å²) in [4.78, 5) is 15.1. The molecule has 0 aliphatic rings. The van der Waals surface area contributed by atoms with Gasteiger partial charge in [-0.1, -0.05) is 188 Å². The van der Waals surface area contributed by atoms with Gasteiger partial charge in [0.1, 0.15) is 0 Å². The fraction of sp³-hybridized carbons (Fsp3) is 0. The lowest BCUT2D eigenvalue weighted by atomic mass is 9.88. The molecule has 54 heavy (non-hydrogen) atoms. The molecule has 0 saturated carbocycles. The van der Waals surface area contributed by atoms with Crippen LogP contribution in [0.1, 0.15) is 0 Å². The smallest absolute Gasteiger partial charge is 0.164 e. The molecule has 0 spiro atoms. The lowest BCUT2D eigenvalue weighted by molar-refractivity contribution is 1.07. The van der Waals surface area contributed by atoms with Crippen LogP contribution in [0.25, 0.3) is 89.8 Å². The van der Waals surface area contributed by atoms with Crippen molar-refractivity contribution in [1.29, 1.82) is 0 Å². The van der Waals surface area contributed by atoms with E-state index in [4.69, 9.17) is 15.0 Å². The lowest BCUT2D eigenvalue weighted by Crippen LogP contribution is -2.00. The van der Waals surface area contributed by atoms with Crippen LogP contribution in [0.5, 0.6) is 0 Å². The first kappa shape index (κ1) is 32.7. The predicted molar refractivity (Wildman–Crippen MR) is 223 cm³/mol. The molecule has 0 fully saturated rings. The van der Waals surface area contributed by atoms with Crippen LogP contribution in [0.2, 0.25) is 0 Å². The molecule has 8 aromatic carbocycles. The van der Waals surface area contributed by atoms with Gasteiger partial charge in [0.15, 0.2) is 17.5 Å². The Morgan fingerprint density at radius 3 is 1.02 bits per heavy atom. The molecule has 1 aromatic heterocycles. The van der Waals surface area contributed by atoms with E-state index < -0.39 is 0 Å². The van der Waals surface area contributed by atoms with E-state index in [-0.39, 0.29) is 0 Å². The van der Waals surface area contributed by atoms with Gasteiger partial charge in [-0.2, -0.15) is 0 Å². The van der Waals surface area contributed by atoms with Crippen LogP contribution < -0.4 is 0 Å². The monoisotopic (exact) mass is 689 g/mol. The summed E-state index contributed by atoms with van der Waals surface area (Å²) in [5.74, 6) is 1.90. The zero-order valence-electron chi connectivity index (χ0n) is 29.5. The van der Waals surface area contributed by atoms with Gasteiger partial charge in [-0.3, -0.25) is 0 Å². The Balaban J connectivity index is 1.20. The third kappa shape index (κ3) is 6.74. The molecule has 0 saturated heterocycles. The maximum absolute atomic E-state index is 5.09. The average Bonchev–Trinajstić information content (AvgIpc) is 3.27. The van der Waals surface area contributed by atoms with Crippen LogP contribution in [-0.2, 0) is 0 Å². The van der Waals surface area contributed by atoms with Crippen molar-refractivity contribution in [1.82, 2.24) is 15.0 Å². The summed E-state index contributed by atoms with van der Waals surface area (Å²) in [6.07, 6.45) is 0. The van der Waals surface area contributed by atoms with Crippen molar-refractivity contribution in [3.05, 3.63) is 212 Å². The topological polar surface area (TPSA) is 38.7 Å². The van der Waals surface area contributed by atoms with Crippen molar-refractivity contribution in [3.8, 4) is 89.8 Å². The second kappa shape index (κ2) is 14.8. The van der Waals surface area contributed by atoms with E-state index in [2.05, 4.69) is 152 Å². The number of hydrogen-bond acceptors (Lipinski definition) is 3. The van der Waals surface area contributed by atoms with Gasteiger partial charge >= 0.3 is 0 Å². The Hall–Kier alpha value is -7.23. The average molecular weight is 690 g/mol. The van der Waals surface area contributed by atoms with Crippen molar-refractivity contribution >= 4 is 0 Å². The van der Waals surface area contributed by atoms with Crippen molar-refractivity contribution in [3.63, 3.8) is 0 Å². The second-order valence-electron chi connectivity index (χ2n) is 13.2. The summed E-state index contributed by atoms with van der Waals surface area (Å²) in [7, 11) is 0. The summed E-state index contributed by atoms with van der Waals surface area (Å²) < 4.78 is 0. The van der Waals surface area contributed by atoms with Crippen molar-refractivity contribution in [2.75, 3.05) is 0 Å². The van der Waals surface area contributed by atoms with Crippen LogP contribution in [0.4, 0.5) is 0 Å². The normalized spacial score (nSPS) is 11.0. The Bertz CT molecular complexity index is 2630. The van der Waals surface area contributed by atoms with Crippen LogP contribution in [0, 0.1) is 0 Å². The molecule has 3 heteroatoms. The van der Waals surface area contributed by atoms with Crippen molar-refractivity contribution < 1.29 is 0 Å². The third-order valence-corrected chi connectivity index (χ3v) is 9.73. The maximum atomic E-state index is 5.09. The minimum absolute atomic E-state index is 0.626. The van der Waals surface area contributed by atoms with Crippen molar-refractivity contribution in [2.24, 2.45) is 0 Å². The number of nitrogens with zero attached hydrogens (tertiary/aromatic N) is 3. The maximum Gasteiger partial charge on any atom is 0.164 e. The van der Waals surface area contributed by atoms with E-state index in [1.165, 1.54) is 27.8 Å². The van der Waals surface area contributed by atoms with Gasteiger partial charge in [0.2, 0.25) is 0 Å². The molecule has 254 valence electrons. The molecule has 0 atom stereocenters. The van der Waals surface area contributed by atoms with Crippen LogP contribution in [0.15, 0.2) is 212 Å². The molecule has 9 aromatic rings. The fourth-order valence-corrected chi connectivity index (χ4v) is 7.08. The highest BCUT2D eigenvalue weighted by Crippen LogP contribution is 2.40. The third-order valence-electron chi connectivity index (χ3n) is 9.73. The van der Waals surface area contributed by atoms with E-state index in [0.29, 0.717) is 17.5 Å². The van der Waals surface area contributed by atoms with Gasteiger partial charge in [-0.25, -0.2) is 15.0 Å². The van der Waals surface area contributed by atoms with Gasteiger partial charge in [-0.05, 0) is 79.9 Å². The highest BCUT2D eigenvalue weighted by atomic mass is 15.0. The molecule has 9 rings (SSSR count). The van der Waals surface area contributed by atoms with Gasteiger partial charge in [0.05, 0.1) is 0 Å². The van der Waals surface area contributed by atoms with Gasteiger partial charge in [0.25, 0.3) is 0 Å². The summed E-state index contributed by atoms with van der Waals surface area (Å²) in [6.45, 7) is 0. The molecule has 0 bridgehead atoms. The Kier molecular flexibility index (Phi) is 8.94. The minimum atomic E-state index is 0.626. The van der Waals surface area contributed by atoms with E-state index >= 15 is 0 Å². The molecule has 0 aliphatic carbocycles. The molecule has 0 amide bonds. The predicted octanol–water partition coefficient (Wildman–Crippen LogP) is 13.2. The zero-order chi connectivity index (χ0) is 36.1. The zero-order valence-corrected chi connectivity index (χ0v) is 29.5. The molecule has 0 radical (unpaired) electrons. The van der Waals surface area contributed by atoms with Crippen molar-refractivity contribution in [2.45, 2.75) is 0 Å². The minimum Gasteiger partial charge on any atom is -0.208 e. The first-order valence-corrected chi connectivity index (χ1v) is 18.2. The van der Waals surface area contributed by atoms with Crippen LogP contribution in [-0.4, -0.2) is 15.0 Å². The molecule has 0 N–H and O–H groups in total. The Morgan fingerprint density at radius 2 is 0.500 bits per heavy atom. The lowest BCUT2D eigenvalue weighted by Gasteiger charge is -2.16. The number of rotatable bonds is 8. The molecular weight excluding hydrogens is 655 g/mol. The number of benzene rings is 8. The number of hydrogen-bond donors (Lipinski definition) is 0. The highest BCUT2D eigenvalue weighted by molar-refractivity contribution is 5.92. The fourth-order valence-electron chi connectivity index (χ4n) is 7.08. The summed E-state index contributed by atoms with van der Waals surface area (Å²) in [5, 5.41) is 0. The summed E-state index contributed by atoms with van der Waals surface area (Å²) >= 11 is 0. The number of aromatic nitrogens is 3. The largest absolute Gasteiger partial charge is 0.208 e. The van der Waals surface area contributed by atoms with E-state index in [1.54, 1.807) is 0 Å². The van der Waals surface area contributed by atoms with Crippen LogP contribution in [0.3, 0.4) is 0 Å². The highest BCUT2D eigenvalue weighted by Gasteiger charge is 2.16. The molecule has 3 nitrogen and oxygen atoms in total. The Morgan fingerprint density at radius 1 is 0.185 bits per heavy atom. The molecule has 0 unspecified atom stereocenters.